The molecular weight excluding hydrogens is 294 g/mol. The molecule has 1 aliphatic heterocycles. The molecule has 0 radical (unpaired) electrons. The van der Waals surface area contributed by atoms with Gasteiger partial charge in [0.2, 0.25) is 0 Å². The van der Waals surface area contributed by atoms with Gasteiger partial charge in [-0.25, -0.2) is 0 Å². The molecule has 0 N–H and O–H groups in total. The lowest BCUT2D eigenvalue weighted by Gasteiger charge is -2.33. The van der Waals surface area contributed by atoms with Gasteiger partial charge in [0, 0.05) is 37.1 Å². The van der Waals surface area contributed by atoms with Crippen LogP contribution in [0.3, 0.4) is 0 Å². The van der Waals surface area contributed by atoms with Crippen LogP contribution >= 0.6 is 11.3 Å². The minimum atomic E-state index is 0.185. The average molecular weight is 317 g/mol. The molecule has 0 spiro atoms. The lowest BCUT2D eigenvalue weighted by Crippen LogP contribution is -2.40. The molecule has 0 saturated carbocycles. The van der Waals surface area contributed by atoms with Crippen molar-refractivity contribution in [3.05, 3.63) is 35.2 Å². The summed E-state index contributed by atoms with van der Waals surface area (Å²) >= 11 is 1.72. The largest absolute Gasteiger partial charge is 0.385 e. The highest BCUT2D eigenvalue weighted by atomic mass is 32.1. The summed E-state index contributed by atoms with van der Waals surface area (Å²) in [6.45, 7) is 2.60. The van der Waals surface area contributed by atoms with E-state index in [-0.39, 0.29) is 5.91 Å². The van der Waals surface area contributed by atoms with E-state index in [9.17, 15) is 4.79 Å². The molecule has 1 saturated heterocycles. The van der Waals surface area contributed by atoms with Gasteiger partial charge in [0.1, 0.15) is 0 Å². The van der Waals surface area contributed by atoms with Crippen LogP contribution in [0.25, 0.3) is 10.1 Å². The number of carbonyl (C=O) groups is 1. The van der Waals surface area contributed by atoms with E-state index < -0.39 is 0 Å². The van der Waals surface area contributed by atoms with Gasteiger partial charge in [-0.3, -0.25) is 4.79 Å². The zero-order chi connectivity index (χ0) is 15.4. The Kier molecular flexibility index (Phi) is 5.11. The molecule has 1 aromatic heterocycles. The fraction of sp³-hybridized carbons (Fsp3) is 0.500. The Hall–Kier alpha value is -1.39. The highest BCUT2D eigenvalue weighted by molar-refractivity contribution is 7.17. The summed E-state index contributed by atoms with van der Waals surface area (Å²) in [4.78, 5) is 14.8. The Balaban J connectivity index is 1.65. The molecule has 4 heteroatoms. The van der Waals surface area contributed by atoms with Crippen LogP contribution in [-0.2, 0) is 4.74 Å². The van der Waals surface area contributed by atoms with Crippen molar-refractivity contribution in [2.45, 2.75) is 25.7 Å². The first-order valence-corrected chi connectivity index (χ1v) is 8.91. The molecule has 22 heavy (non-hydrogen) atoms. The van der Waals surface area contributed by atoms with Gasteiger partial charge in [-0.2, -0.15) is 0 Å². The van der Waals surface area contributed by atoms with Gasteiger partial charge in [0.15, 0.2) is 0 Å². The van der Waals surface area contributed by atoms with Crippen molar-refractivity contribution in [2.24, 2.45) is 5.92 Å². The molecule has 3 rings (SSSR count). The Morgan fingerprint density at radius 3 is 3.18 bits per heavy atom. The third-order valence-electron chi connectivity index (χ3n) is 4.47. The summed E-state index contributed by atoms with van der Waals surface area (Å²) in [6, 6.07) is 8.15. The van der Waals surface area contributed by atoms with E-state index in [4.69, 9.17) is 4.74 Å². The maximum Gasteiger partial charge on any atom is 0.253 e. The molecule has 1 atom stereocenters. The van der Waals surface area contributed by atoms with Crippen molar-refractivity contribution in [2.75, 3.05) is 26.8 Å². The summed E-state index contributed by atoms with van der Waals surface area (Å²) in [7, 11) is 1.75. The SMILES string of the molecule is COCCC[C@@H]1CCCN(C(=O)c2ccc3sccc3c2)C1. The topological polar surface area (TPSA) is 29.5 Å². The quantitative estimate of drug-likeness (QED) is 0.774. The number of benzene rings is 1. The predicted octanol–water partition coefficient (Wildman–Crippen LogP) is 4.18. The third-order valence-corrected chi connectivity index (χ3v) is 5.36. The molecule has 2 aromatic rings. The van der Waals surface area contributed by atoms with Gasteiger partial charge in [0.05, 0.1) is 0 Å². The predicted molar refractivity (Wildman–Crippen MR) is 91.6 cm³/mol. The number of piperidine rings is 1. The first-order chi connectivity index (χ1) is 10.8. The second kappa shape index (κ2) is 7.25. The minimum Gasteiger partial charge on any atom is -0.385 e. The van der Waals surface area contributed by atoms with Crippen molar-refractivity contribution in [1.29, 1.82) is 0 Å². The summed E-state index contributed by atoms with van der Waals surface area (Å²) in [6.07, 6.45) is 4.59. The third kappa shape index (κ3) is 3.50. The molecule has 0 aliphatic carbocycles. The second-order valence-electron chi connectivity index (χ2n) is 6.07. The number of hydrogen-bond donors (Lipinski definition) is 0. The Bertz CT molecular complexity index is 637. The molecular formula is C18H23NO2S. The number of fused-ring (bicyclic) bond motifs is 1. The van der Waals surface area contributed by atoms with Crippen LogP contribution in [0.1, 0.15) is 36.0 Å². The van der Waals surface area contributed by atoms with Crippen LogP contribution in [0.5, 0.6) is 0 Å². The van der Waals surface area contributed by atoms with E-state index in [2.05, 4.69) is 17.5 Å². The number of carbonyl (C=O) groups excluding carboxylic acids is 1. The summed E-state index contributed by atoms with van der Waals surface area (Å²) in [5.74, 6) is 0.808. The maximum absolute atomic E-state index is 12.7. The molecule has 1 aliphatic rings. The highest BCUT2D eigenvalue weighted by Crippen LogP contribution is 2.25. The van der Waals surface area contributed by atoms with Gasteiger partial charge >= 0.3 is 0 Å². The van der Waals surface area contributed by atoms with Crippen molar-refractivity contribution in [1.82, 2.24) is 4.90 Å². The van der Waals surface area contributed by atoms with Crippen molar-refractivity contribution in [3.63, 3.8) is 0 Å². The Morgan fingerprint density at radius 1 is 1.41 bits per heavy atom. The molecule has 1 aromatic carbocycles. The van der Waals surface area contributed by atoms with E-state index in [0.717, 1.165) is 44.5 Å². The van der Waals surface area contributed by atoms with Gasteiger partial charge in [-0.05, 0) is 66.6 Å². The molecule has 0 bridgehead atoms. The number of nitrogens with zero attached hydrogens (tertiary/aromatic N) is 1. The number of hydrogen-bond acceptors (Lipinski definition) is 3. The van der Waals surface area contributed by atoms with E-state index in [0.29, 0.717) is 5.92 Å². The van der Waals surface area contributed by atoms with E-state index in [1.165, 1.54) is 16.5 Å². The first kappa shape index (κ1) is 15.5. The number of methoxy groups -OCH3 is 1. The number of thiophene rings is 1. The summed E-state index contributed by atoms with van der Waals surface area (Å²) < 4.78 is 6.37. The highest BCUT2D eigenvalue weighted by Gasteiger charge is 2.24. The molecule has 0 unspecified atom stereocenters. The normalized spacial score (nSPS) is 18.8. The standard InChI is InChI=1S/C18H23NO2S/c1-21-10-3-5-14-4-2-9-19(13-14)18(20)16-6-7-17-15(12-16)8-11-22-17/h6-8,11-12,14H,2-5,9-10,13H2,1H3/t14-/m0/s1. The first-order valence-electron chi connectivity index (χ1n) is 8.03. The average Bonchev–Trinajstić information content (AvgIpc) is 3.02. The lowest BCUT2D eigenvalue weighted by atomic mass is 9.93. The van der Waals surface area contributed by atoms with Crippen LogP contribution in [0, 0.1) is 5.92 Å². The van der Waals surface area contributed by atoms with Crippen LogP contribution < -0.4 is 0 Å². The fourth-order valence-electron chi connectivity index (χ4n) is 3.28. The molecule has 118 valence electrons. The van der Waals surface area contributed by atoms with Crippen molar-refractivity contribution < 1.29 is 9.53 Å². The molecule has 2 heterocycles. The smallest absolute Gasteiger partial charge is 0.253 e. The summed E-state index contributed by atoms with van der Waals surface area (Å²) in [5.41, 5.74) is 0.823. The van der Waals surface area contributed by atoms with E-state index in [1.54, 1.807) is 18.4 Å². The zero-order valence-corrected chi connectivity index (χ0v) is 13.9. The van der Waals surface area contributed by atoms with Crippen molar-refractivity contribution >= 4 is 27.3 Å². The molecule has 1 amide bonds. The Morgan fingerprint density at radius 2 is 2.32 bits per heavy atom. The van der Waals surface area contributed by atoms with E-state index >= 15 is 0 Å². The van der Waals surface area contributed by atoms with Crippen LogP contribution in [0.4, 0.5) is 0 Å². The lowest BCUT2D eigenvalue weighted by molar-refractivity contribution is 0.0660. The van der Waals surface area contributed by atoms with Gasteiger partial charge in [-0.1, -0.05) is 0 Å². The fourth-order valence-corrected chi connectivity index (χ4v) is 4.05. The van der Waals surface area contributed by atoms with Gasteiger partial charge in [0.25, 0.3) is 5.91 Å². The van der Waals surface area contributed by atoms with Gasteiger partial charge in [-0.15, -0.1) is 11.3 Å². The second-order valence-corrected chi connectivity index (χ2v) is 7.02. The number of amides is 1. The molecule has 3 nitrogen and oxygen atoms in total. The zero-order valence-electron chi connectivity index (χ0n) is 13.1. The Labute approximate surface area is 135 Å². The maximum atomic E-state index is 12.7. The summed E-state index contributed by atoms with van der Waals surface area (Å²) in [5, 5.41) is 3.25. The minimum absolute atomic E-state index is 0.185. The van der Waals surface area contributed by atoms with Crippen LogP contribution in [0.2, 0.25) is 0 Å². The van der Waals surface area contributed by atoms with E-state index in [1.807, 2.05) is 17.0 Å². The van der Waals surface area contributed by atoms with Gasteiger partial charge < -0.3 is 9.64 Å². The van der Waals surface area contributed by atoms with Crippen LogP contribution in [0.15, 0.2) is 29.6 Å². The van der Waals surface area contributed by atoms with Crippen molar-refractivity contribution in [3.8, 4) is 0 Å². The van der Waals surface area contributed by atoms with Crippen LogP contribution in [-0.4, -0.2) is 37.6 Å². The number of ether oxygens (including phenoxy) is 1. The monoisotopic (exact) mass is 317 g/mol. The number of likely N-dealkylation sites (tertiary alicyclic amines) is 1. The number of rotatable bonds is 5. The molecule has 1 fully saturated rings.